The molecule has 0 saturated carbocycles. The predicted octanol–water partition coefficient (Wildman–Crippen LogP) is 0.390. The fraction of sp³-hybridized carbons (Fsp3) is 0.800. The molecule has 1 aliphatic heterocycles. The van der Waals surface area contributed by atoms with E-state index < -0.39 is 0 Å². The van der Waals surface area contributed by atoms with E-state index >= 15 is 0 Å². The maximum absolute atomic E-state index is 5.07. The van der Waals surface area contributed by atoms with Gasteiger partial charge in [0.25, 0.3) is 0 Å². The summed E-state index contributed by atoms with van der Waals surface area (Å²) in [5, 5.41) is 11.6. The van der Waals surface area contributed by atoms with E-state index in [1.807, 2.05) is 0 Å². The molecule has 1 aromatic rings. The Balaban J connectivity index is 2.09. The van der Waals surface area contributed by atoms with Crippen molar-refractivity contribution >= 4 is 0 Å². The van der Waals surface area contributed by atoms with Crippen molar-refractivity contribution in [1.29, 1.82) is 0 Å². The van der Waals surface area contributed by atoms with E-state index in [0.29, 0.717) is 18.6 Å². The first-order valence-corrected chi connectivity index (χ1v) is 5.43. The van der Waals surface area contributed by atoms with Crippen molar-refractivity contribution in [2.75, 3.05) is 20.3 Å². The SMILES string of the molecule is COCCn1cnnc1C1CCNC1C. The van der Waals surface area contributed by atoms with Gasteiger partial charge in [0.1, 0.15) is 12.2 Å². The summed E-state index contributed by atoms with van der Waals surface area (Å²) < 4.78 is 7.16. The van der Waals surface area contributed by atoms with E-state index in [4.69, 9.17) is 4.74 Å². The summed E-state index contributed by atoms with van der Waals surface area (Å²) in [7, 11) is 1.71. The molecule has 15 heavy (non-hydrogen) atoms. The summed E-state index contributed by atoms with van der Waals surface area (Å²) >= 11 is 0. The zero-order valence-corrected chi connectivity index (χ0v) is 9.31. The number of nitrogens with one attached hydrogen (secondary N) is 1. The Morgan fingerprint density at radius 2 is 2.53 bits per heavy atom. The molecular formula is C10H18N4O. The number of aromatic nitrogens is 3. The van der Waals surface area contributed by atoms with Crippen LogP contribution in [0.2, 0.25) is 0 Å². The van der Waals surface area contributed by atoms with Crippen molar-refractivity contribution in [3.63, 3.8) is 0 Å². The van der Waals surface area contributed by atoms with Gasteiger partial charge < -0.3 is 14.6 Å². The molecule has 1 aromatic heterocycles. The molecule has 1 saturated heterocycles. The highest BCUT2D eigenvalue weighted by Gasteiger charge is 2.28. The van der Waals surface area contributed by atoms with Crippen LogP contribution in [0.1, 0.15) is 25.1 Å². The zero-order valence-electron chi connectivity index (χ0n) is 9.31. The van der Waals surface area contributed by atoms with Crippen LogP contribution in [0.4, 0.5) is 0 Å². The van der Waals surface area contributed by atoms with E-state index in [-0.39, 0.29) is 0 Å². The second kappa shape index (κ2) is 4.72. The Hall–Kier alpha value is -0.940. The summed E-state index contributed by atoms with van der Waals surface area (Å²) in [5.74, 6) is 1.58. The zero-order chi connectivity index (χ0) is 10.7. The number of rotatable bonds is 4. The van der Waals surface area contributed by atoms with Crippen LogP contribution in [-0.2, 0) is 11.3 Å². The average Bonchev–Trinajstić information content (AvgIpc) is 2.82. The number of methoxy groups -OCH3 is 1. The molecular weight excluding hydrogens is 192 g/mol. The van der Waals surface area contributed by atoms with Crippen molar-refractivity contribution in [2.45, 2.75) is 31.8 Å². The van der Waals surface area contributed by atoms with Crippen LogP contribution in [-0.4, -0.2) is 41.1 Å². The molecule has 84 valence electrons. The molecule has 0 bridgehead atoms. The number of hydrogen-bond acceptors (Lipinski definition) is 4. The first kappa shape index (κ1) is 10.6. The maximum atomic E-state index is 5.07. The normalized spacial score (nSPS) is 26.0. The monoisotopic (exact) mass is 210 g/mol. The fourth-order valence-electron chi connectivity index (χ4n) is 2.12. The minimum absolute atomic E-state index is 0.490. The lowest BCUT2D eigenvalue weighted by atomic mass is 10.0. The lowest BCUT2D eigenvalue weighted by Crippen LogP contribution is -2.24. The van der Waals surface area contributed by atoms with Crippen molar-refractivity contribution in [3.8, 4) is 0 Å². The number of ether oxygens (including phenoxy) is 1. The summed E-state index contributed by atoms with van der Waals surface area (Å²) in [6, 6.07) is 0.496. The molecule has 0 aliphatic carbocycles. The summed E-state index contributed by atoms with van der Waals surface area (Å²) in [4.78, 5) is 0. The molecule has 5 heteroatoms. The first-order chi connectivity index (χ1) is 7.33. The molecule has 0 aromatic carbocycles. The van der Waals surface area contributed by atoms with Gasteiger partial charge in [-0.3, -0.25) is 0 Å². The van der Waals surface area contributed by atoms with Crippen LogP contribution >= 0.6 is 0 Å². The number of hydrogen-bond donors (Lipinski definition) is 1. The van der Waals surface area contributed by atoms with Crippen molar-refractivity contribution in [1.82, 2.24) is 20.1 Å². The third kappa shape index (κ3) is 2.18. The molecule has 2 unspecified atom stereocenters. The van der Waals surface area contributed by atoms with E-state index in [0.717, 1.165) is 25.3 Å². The van der Waals surface area contributed by atoms with Gasteiger partial charge in [-0.15, -0.1) is 10.2 Å². The van der Waals surface area contributed by atoms with Crippen molar-refractivity contribution in [2.24, 2.45) is 0 Å². The third-order valence-electron chi connectivity index (χ3n) is 3.04. The predicted molar refractivity (Wildman–Crippen MR) is 56.7 cm³/mol. The van der Waals surface area contributed by atoms with Gasteiger partial charge in [-0.05, 0) is 19.9 Å². The maximum Gasteiger partial charge on any atom is 0.137 e. The molecule has 1 N–H and O–H groups in total. The lowest BCUT2D eigenvalue weighted by molar-refractivity contribution is 0.185. The van der Waals surface area contributed by atoms with Gasteiger partial charge in [-0.1, -0.05) is 0 Å². The van der Waals surface area contributed by atoms with Gasteiger partial charge in [-0.2, -0.15) is 0 Å². The third-order valence-corrected chi connectivity index (χ3v) is 3.04. The van der Waals surface area contributed by atoms with E-state index in [1.54, 1.807) is 13.4 Å². The summed E-state index contributed by atoms with van der Waals surface area (Å²) in [6.45, 7) is 4.82. The van der Waals surface area contributed by atoms with Gasteiger partial charge in [0.2, 0.25) is 0 Å². The molecule has 5 nitrogen and oxygen atoms in total. The van der Waals surface area contributed by atoms with Crippen LogP contribution in [0.25, 0.3) is 0 Å². The van der Waals surface area contributed by atoms with E-state index in [9.17, 15) is 0 Å². The quantitative estimate of drug-likeness (QED) is 0.781. The minimum Gasteiger partial charge on any atom is -0.383 e. The van der Waals surface area contributed by atoms with Crippen LogP contribution < -0.4 is 5.32 Å². The second-order valence-electron chi connectivity index (χ2n) is 4.01. The largest absolute Gasteiger partial charge is 0.383 e. The van der Waals surface area contributed by atoms with Crippen LogP contribution in [0, 0.1) is 0 Å². The molecule has 2 atom stereocenters. The Morgan fingerprint density at radius 3 is 3.20 bits per heavy atom. The highest BCUT2D eigenvalue weighted by molar-refractivity contribution is 5.04. The average molecular weight is 210 g/mol. The Kier molecular flexibility index (Phi) is 3.33. The molecule has 0 amide bonds. The standard InChI is InChI=1S/C10H18N4O/c1-8-9(3-4-11-8)10-13-12-7-14(10)5-6-15-2/h7-9,11H,3-6H2,1-2H3. The van der Waals surface area contributed by atoms with Crippen LogP contribution in [0.3, 0.4) is 0 Å². The topological polar surface area (TPSA) is 52.0 Å². The minimum atomic E-state index is 0.490. The van der Waals surface area contributed by atoms with Crippen LogP contribution in [0.15, 0.2) is 6.33 Å². The molecule has 0 radical (unpaired) electrons. The van der Waals surface area contributed by atoms with E-state index in [1.165, 1.54) is 0 Å². The Morgan fingerprint density at radius 1 is 1.67 bits per heavy atom. The van der Waals surface area contributed by atoms with Gasteiger partial charge in [0.05, 0.1) is 6.61 Å². The van der Waals surface area contributed by atoms with Crippen LogP contribution in [0.5, 0.6) is 0 Å². The smallest absolute Gasteiger partial charge is 0.137 e. The molecule has 2 heterocycles. The van der Waals surface area contributed by atoms with Gasteiger partial charge in [0.15, 0.2) is 0 Å². The van der Waals surface area contributed by atoms with Crippen molar-refractivity contribution in [3.05, 3.63) is 12.2 Å². The first-order valence-electron chi connectivity index (χ1n) is 5.43. The molecule has 1 fully saturated rings. The summed E-state index contributed by atoms with van der Waals surface area (Å²) in [5.41, 5.74) is 0. The Labute approximate surface area is 89.8 Å². The number of nitrogens with zero attached hydrogens (tertiary/aromatic N) is 3. The highest BCUT2D eigenvalue weighted by atomic mass is 16.5. The second-order valence-corrected chi connectivity index (χ2v) is 4.01. The molecule has 2 rings (SSSR count). The van der Waals surface area contributed by atoms with Gasteiger partial charge in [-0.25, -0.2) is 0 Å². The summed E-state index contributed by atoms with van der Waals surface area (Å²) in [6.07, 6.45) is 2.94. The highest BCUT2D eigenvalue weighted by Crippen LogP contribution is 2.25. The van der Waals surface area contributed by atoms with E-state index in [2.05, 4.69) is 27.0 Å². The Bertz CT molecular complexity index is 312. The van der Waals surface area contributed by atoms with Crippen molar-refractivity contribution < 1.29 is 4.74 Å². The fourth-order valence-corrected chi connectivity index (χ4v) is 2.12. The molecule has 1 aliphatic rings. The van der Waals surface area contributed by atoms with Gasteiger partial charge in [0, 0.05) is 25.6 Å². The lowest BCUT2D eigenvalue weighted by Gasteiger charge is -2.15. The van der Waals surface area contributed by atoms with Gasteiger partial charge >= 0.3 is 0 Å². The molecule has 0 spiro atoms.